The van der Waals surface area contributed by atoms with Crippen molar-refractivity contribution in [2.45, 2.75) is 19.4 Å². The lowest BCUT2D eigenvalue weighted by Gasteiger charge is -2.31. The lowest BCUT2D eigenvalue weighted by atomic mass is 9.88. The van der Waals surface area contributed by atoms with E-state index in [1.807, 2.05) is 6.92 Å². The van der Waals surface area contributed by atoms with Gasteiger partial charge < -0.3 is 24.1 Å². The lowest BCUT2D eigenvalue weighted by Crippen LogP contribution is -2.38. The molecule has 0 heterocycles. The van der Waals surface area contributed by atoms with Gasteiger partial charge in [0, 0.05) is 12.5 Å². The molecule has 0 aliphatic rings. The number of rotatable bonds is 15. The van der Waals surface area contributed by atoms with Crippen LogP contribution in [0, 0.1) is 5.41 Å². The second-order valence-corrected chi connectivity index (χ2v) is 5.03. The van der Waals surface area contributed by atoms with Crippen molar-refractivity contribution in [3.63, 3.8) is 0 Å². The van der Waals surface area contributed by atoms with E-state index in [-0.39, 0.29) is 18.1 Å². The third kappa shape index (κ3) is 9.01. The summed E-state index contributed by atoms with van der Waals surface area (Å²) in [5.41, 5.74) is -0.385. The average molecular weight is 302 g/mol. The Hall–Kier alpha value is -0.720. The van der Waals surface area contributed by atoms with Crippen molar-refractivity contribution in [3.05, 3.63) is 25.3 Å². The Balaban J connectivity index is 4.39. The van der Waals surface area contributed by atoms with Crippen molar-refractivity contribution >= 4 is 0 Å². The van der Waals surface area contributed by atoms with E-state index in [1.54, 1.807) is 19.3 Å². The van der Waals surface area contributed by atoms with Crippen LogP contribution in [0.15, 0.2) is 25.3 Å². The van der Waals surface area contributed by atoms with E-state index in [9.17, 15) is 5.11 Å². The molecule has 1 unspecified atom stereocenters. The van der Waals surface area contributed by atoms with Gasteiger partial charge in [-0.05, 0) is 6.42 Å². The number of aliphatic hydroxyl groups is 1. The summed E-state index contributed by atoms with van der Waals surface area (Å²) in [5.74, 6) is 0. The molecule has 0 saturated carbocycles. The maximum absolute atomic E-state index is 9.60. The van der Waals surface area contributed by atoms with Crippen LogP contribution < -0.4 is 0 Å². The Kier molecular flexibility index (Phi) is 12.5. The molecule has 0 spiro atoms. The van der Waals surface area contributed by atoms with Crippen LogP contribution in [0.25, 0.3) is 0 Å². The van der Waals surface area contributed by atoms with Crippen LogP contribution in [-0.2, 0) is 18.9 Å². The van der Waals surface area contributed by atoms with Crippen LogP contribution in [0.1, 0.15) is 13.3 Å². The molecule has 5 heteroatoms. The van der Waals surface area contributed by atoms with Crippen LogP contribution in [0.5, 0.6) is 0 Å². The average Bonchev–Trinajstić information content (AvgIpc) is 2.51. The van der Waals surface area contributed by atoms with E-state index in [4.69, 9.17) is 18.9 Å². The molecule has 0 bridgehead atoms. The Morgan fingerprint density at radius 3 is 2.05 bits per heavy atom. The zero-order valence-electron chi connectivity index (χ0n) is 13.4. The van der Waals surface area contributed by atoms with Gasteiger partial charge in [0.1, 0.15) is 6.10 Å². The van der Waals surface area contributed by atoms with Gasteiger partial charge >= 0.3 is 0 Å². The van der Waals surface area contributed by atoms with Gasteiger partial charge in [-0.15, -0.1) is 13.2 Å². The Labute approximate surface area is 128 Å². The second-order valence-electron chi connectivity index (χ2n) is 5.03. The summed E-state index contributed by atoms with van der Waals surface area (Å²) in [6.07, 6.45) is 3.96. The molecule has 21 heavy (non-hydrogen) atoms. The van der Waals surface area contributed by atoms with Crippen molar-refractivity contribution < 1.29 is 24.1 Å². The molecule has 0 radical (unpaired) electrons. The Morgan fingerprint density at radius 1 is 1.10 bits per heavy atom. The van der Waals surface area contributed by atoms with Gasteiger partial charge in [0.15, 0.2) is 0 Å². The van der Waals surface area contributed by atoms with Crippen LogP contribution in [0.4, 0.5) is 0 Å². The van der Waals surface area contributed by atoms with E-state index in [1.165, 1.54) is 0 Å². The molecule has 0 saturated heterocycles. The van der Waals surface area contributed by atoms with E-state index < -0.39 is 0 Å². The molecule has 0 aromatic carbocycles. The van der Waals surface area contributed by atoms with Gasteiger partial charge in [-0.25, -0.2) is 0 Å². The van der Waals surface area contributed by atoms with Crippen molar-refractivity contribution in [2.75, 3.05) is 53.4 Å². The highest BCUT2D eigenvalue weighted by Crippen LogP contribution is 2.22. The maximum atomic E-state index is 9.60. The van der Waals surface area contributed by atoms with Gasteiger partial charge in [0.05, 0.1) is 46.2 Å². The standard InChI is InChI=1S/C16H30O5/c1-5-8-19-10-15(11-20-9-6-2)21-14-16(7-3,12-17)13-18-4/h5-6,15,17H,1-2,7-14H2,3-4H3. The highest BCUT2D eigenvalue weighted by Gasteiger charge is 2.29. The van der Waals surface area contributed by atoms with Crippen molar-refractivity contribution in [3.8, 4) is 0 Å². The minimum absolute atomic E-state index is 0.0189. The summed E-state index contributed by atoms with van der Waals surface area (Å²) >= 11 is 0. The molecular weight excluding hydrogens is 272 g/mol. The third-order valence-electron chi connectivity index (χ3n) is 3.24. The first-order chi connectivity index (χ1) is 10.2. The maximum Gasteiger partial charge on any atom is 0.104 e. The molecule has 5 nitrogen and oxygen atoms in total. The van der Waals surface area contributed by atoms with E-state index in [0.29, 0.717) is 39.6 Å². The summed E-state index contributed by atoms with van der Waals surface area (Å²) in [4.78, 5) is 0. The predicted octanol–water partition coefficient (Wildman–Crippen LogP) is 1.81. The second kappa shape index (κ2) is 13.0. The third-order valence-corrected chi connectivity index (χ3v) is 3.24. The summed E-state index contributed by atoms with van der Waals surface area (Å²) in [5, 5.41) is 9.60. The zero-order valence-corrected chi connectivity index (χ0v) is 13.4. The lowest BCUT2D eigenvalue weighted by molar-refractivity contribution is -0.104. The van der Waals surface area contributed by atoms with Crippen molar-refractivity contribution in [2.24, 2.45) is 5.41 Å². The molecule has 0 fully saturated rings. The fraction of sp³-hybridized carbons (Fsp3) is 0.750. The Morgan fingerprint density at radius 2 is 1.67 bits per heavy atom. The van der Waals surface area contributed by atoms with E-state index in [0.717, 1.165) is 6.42 Å². The number of methoxy groups -OCH3 is 1. The fourth-order valence-corrected chi connectivity index (χ4v) is 1.76. The molecule has 1 atom stereocenters. The van der Waals surface area contributed by atoms with Gasteiger partial charge in [-0.1, -0.05) is 19.1 Å². The smallest absolute Gasteiger partial charge is 0.104 e. The number of hydrogen-bond donors (Lipinski definition) is 1. The summed E-state index contributed by atoms with van der Waals surface area (Å²) in [7, 11) is 1.62. The van der Waals surface area contributed by atoms with Gasteiger partial charge in [0.2, 0.25) is 0 Å². The molecule has 0 aliphatic carbocycles. The quantitative estimate of drug-likeness (QED) is 0.369. The highest BCUT2D eigenvalue weighted by molar-refractivity contribution is 4.77. The fourth-order valence-electron chi connectivity index (χ4n) is 1.76. The van der Waals surface area contributed by atoms with E-state index >= 15 is 0 Å². The SMILES string of the molecule is C=CCOCC(COCC=C)OCC(CC)(CO)COC. The zero-order chi connectivity index (χ0) is 16.0. The topological polar surface area (TPSA) is 57.2 Å². The predicted molar refractivity (Wildman–Crippen MR) is 83.5 cm³/mol. The molecule has 0 amide bonds. The molecule has 0 aromatic rings. The number of ether oxygens (including phenoxy) is 4. The van der Waals surface area contributed by atoms with Crippen LogP contribution in [0.2, 0.25) is 0 Å². The highest BCUT2D eigenvalue weighted by atomic mass is 16.6. The largest absolute Gasteiger partial charge is 0.396 e. The van der Waals surface area contributed by atoms with Crippen LogP contribution in [0.3, 0.4) is 0 Å². The molecular formula is C16H30O5. The number of hydrogen-bond acceptors (Lipinski definition) is 5. The monoisotopic (exact) mass is 302 g/mol. The summed E-state index contributed by atoms with van der Waals surface area (Å²) < 4.78 is 21.9. The molecule has 0 rings (SSSR count). The molecule has 124 valence electrons. The van der Waals surface area contributed by atoms with Crippen LogP contribution >= 0.6 is 0 Å². The first kappa shape index (κ1) is 20.3. The van der Waals surface area contributed by atoms with Gasteiger partial charge in [-0.2, -0.15) is 0 Å². The van der Waals surface area contributed by atoms with Crippen molar-refractivity contribution in [1.29, 1.82) is 0 Å². The molecule has 0 aromatic heterocycles. The molecule has 0 aliphatic heterocycles. The van der Waals surface area contributed by atoms with E-state index in [2.05, 4.69) is 13.2 Å². The van der Waals surface area contributed by atoms with Crippen LogP contribution in [-0.4, -0.2) is 64.6 Å². The van der Waals surface area contributed by atoms with Crippen molar-refractivity contribution in [1.82, 2.24) is 0 Å². The minimum atomic E-state index is -0.385. The summed E-state index contributed by atoms with van der Waals surface area (Å²) in [6.45, 7) is 11.9. The minimum Gasteiger partial charge on any atom is -0.396 e. The number of aliphatic hydroxyl groups excluding tert-OH is 1. The first-order valence-corrected chi connectivity index (χ1v) is 7.26. The van der Waals surface area contributed by atoms with Gasteiger partial charge in [-0.3, -0.25) is 0 Å². The normalized spacial score (nSPS) is 14.1. The Bertz CT molecular complexity index is 249. The summed E-state index contributed by atoms with van der Waals surface area (Å²) in [6, 6.07) is 0. The van der Waals surface area contributed by atoms with Gasteiger partial charge in [0.25, 0.3) is 0 Å². The first-order valence-electron chi connectivity index (χ1n) is 7.26. The molecule has 1 N–H and O–H groups in total.